The molecule has 8 nitrogen and oxygen atoms in total. The molecule has 1 unspecified atom stereocenters. The van der Waals surface area contributed by atoms with Crippen molar-refractivity contribution in [2.24, 2.45) is 5.92 Å². The van der Waals surface area contributed by atoms with Gasteiger partial charge in [-0.25, -0.2) is 4.79 Å². The lowest BCUT2D eigenvalue weighted by atomic mass is 9.92. The van der Waals surface area contributed by atoms with E-state index in [1.54, 1.807) is 37.6 Å². The summed E-state index contributed by atoms with van der Waals surface area (Å²) < 4.78 is 5.11. The zero-order chi connectivity index (χ0) is 23.6. The van der Waals surface area contributed by atoms with Crippen molar-refractivity contribution < 1.29 is 24.2 Å². The lowest BCUT2D eigenvalue weighted by molar-refractivity contribution is -0.142. The van der Waals surface area contributed by atoms with Crippen molar-refractivity contribution in [3.63, 3.8) is 0 Å². The van der Waals surface area contributed by atoms with Crippen molar-refractivity contribution in [1.29, 1.82) is 0 Å². The second-order valence-electron chi connectivity index (χ2n) is 8.36. The number of ether oxygens (including phenoxy) is 1. The van der Waals surface area contributed by atoms with Gasteiger partial charge in [0, 0.05) is 44.2 Å². The molecule has 1 aromatic heterocycles. The van der Waals surface area contributed by atoms with Gasteiger partial charge in [-0.3, -0.25) is 14.6 Å². The monoisotopic (exact) mass is 453 g/mol. The van der Waals surface area contributed by atoms with Crippen LogP contribution in [0.25, 0.3) is 0 Å². The second kappa shape index (κ2) is 12.0. The number of carbonyl (C=O) groups excluding carboxylic acids is 2. The van der Waals surface area contributed by atoms with Gasteiger partial charge < -0.3 is 20.1 Å². The summed E-state index contributed by atoms with van der Waals surface area (Å²) in [5.74, 6) is -0.395. The molecule has 2 amide bonds. The summed E-state index contributed by atoms with van der Waals surface area (Å²) in [7, 11) is 1.57. The number of piperidine rings is 1. The molecule has 2 heterocycles. The average Bonchev–Trinajstić information content (AvgIpc) is 2.83. The van der Waals surface area contributed by atoms with E-state index in [0.717, 1.165) is 24.1 Å². The summed E-state index contributed by atoms with van der Waals surface area (Å²) in [6.45, 7) is 1.24. The van der Waals surface area contributed by atoms with Crippen LogP contribution in [0.1, 0.15) is 36.9 Å². The van der Waals surface area contributed by atoms with E-state index in [-0.39, 0.29) is 30.6 Å². The summed E-state index contributed by atoms with van der Waals surface area (Å²) in [5.41, 5.74) is 1.71. The zero-order valence-corrected chi connectivity index (χ0v) is 18.9. The Hall–Kier alpha value is -3.42. The van der Waals surface area contributed by atoms with E-state index < -0.39 is 12.0 Å². The minimum atomic E-state index is -1.06. The summed E-state index contributed by atoms with van der Waals surface area (Å²) in [6, 6.07) is 11.8. The van der Waals surface area contributed by atoms with Crippen LogP contribution in [0.3, 0.4) is 0 Å². The van der Waals surface area contributed by atoms with Gasteiger partial charge in [0.25, 0.3) is 0 Å². The van der Waals surface area contributed by atoms with Crippen LogP contribution in [-0.4, -0.2) is 59.0 Å². The number of aromatic nitrogens is 1. The number of carbonyl (C=O) groups is 3. The van der Waals surface area contributed by atoms with Crippen molar-refractivity contribution in [2.45, 2.75) is 44.6 Å². The molecule has 2 aromatic rings. The van der Waals surface area contributed by atoms with Crippen molar-refractivity contribution in [2.75, 3.05) is 20.2 Å². The van der Waals surface area contributed by atoms with Gasteiger partial charge in [-0.05, 0) is 55.0 Å². The number of likely N-dealkylation sites (tertiary alicyclic amines) is 1. The fraction of sp³-hybridized carbons (Fsp3) is 0.440. The van der Waals surface area contributed by atoms with Crippen molar-refractivity contribution in [3.8, 4) is 5.75 Å². The summed E-state index contributed by atoms with van der Waals surface area (Å²) in [5, 5.41) is 12.2. The molecule has 1 atom stereocenters. The molecule has 0 radical (unpaired) electrons. The summed E-state index contributed by atoms with van der Waals surface area (Å²) >= 11 is 0. The Morgan fingerprint density at radius 1 is 1.15 bits per heavy atom. The normalized spacial score (nSPS) is 15.0. The van der Waals surface area contributed by atoms with Gasteiger partial charge >= 0.3 is 5.97 Å². The topological polar surface area (TPSA) is 109 Å². The number of pyridine rings is 1. The SMILES string of the molecule is COc1ccc(CC(NC(=O)CC2CCN(C(=O)CCc3ccccn3)CC2)C(=O)O)cc1. The van der Waals surface area contributed by atoms with Gasteiger partial charge in [0.15, 0.2) is 0 Å². The predicted octanol–water partition coefficient (Wildman–Crippen LogP) is 2.46. The molecule has 33 heavy (non-hydrogen) atoms. The Bertz CT molecular complexity index is 925. The first-order valence-corrected chi connectivity index (χ1v) is 11.3. The first-order chi connectivity index (χ1) is 15.9. The highest BCUT2D eigenvalue weighted by atomic mass is 16.5. The molecule has 1 aliphatic heterocycles. The summed E-state index contributed by atoms with van der Waals surface area (Å²) in [6.07, 6.45) is 4.71. The van der Waals surface area contributed by atoms with Crippen LogP contribution < -0.4 is 10.1 Å². The fourth-order valence-corrected chi connectivity index (χ4v) is 4.04. The van der Waals surface area contributed by atoms with Gasteiger partial charge in [-0.1, -0.05) is 18.2 Å². The van der Waals surface area contributed by atoms with E-state index in [4.69, 9.17) is 4.74 Å². The molecule has 176 valence electrons. The van der Waals surface area contributed by atoms with E-state index in [9.17, 15) is 19.5 Å². The number of hydrogen-bond donors (Lipinski definition) is 2. The number of aryl methyl sites for hydroxylation is 1. The largest absolute Gasteiger partial charge is 0.497 e. The Morgan fingerprint density at radius 2 is 1.88 bits per heavy atom. The van der Waals surface area contributed by atoms with Crippen molar-refractivity contribution in [3.05, 3.63) is 59.9 Å². The van der Waals surface area contributed by atoms with Gasteiger partial charge in [0.2, 0.25) is 11.8 Å². The predicted molar refractivity (Wildman–Crippen MR) is 123 cm³/mol. The lowest BCUT2D eigenvalue weighted by Gasteiger charge is -2.32. The number of carboxylic acid groups (broad SMARTS) is 1. The minimum absolute atomic E-state index is 0.106. The molecule has 1 saturated heterocycles. The molecular formula is C25H31N3O5. The number of aliphatic carboxylic acids is 1. The number of nitrogens with one attached hydrogen (secondary N) is 1. The Balaban J connectivity index is 1.41. The fourth-order valence-electron chi connectivity index (χ4n) is 4.04. The maximum Gasteiger partial charge on any atom is 0.326 e. The number of carboxylic acids is 1. The first kappa shape index (κ1) is 24.2. The average molecular weight is 454 g/mol. The van der Waals surface area contributed by atoms with Crippen molar-refractivity contribution >= 4 is 17.8 Å². The maximum absolute atomic E-state index is 12.5. The van der Waals surface area contributed by atoms with Crippen LogP contribution in [0, 0.1) is 5.92 Å². The highest BCUT2D eigenvalue weighted by molar-refractivity contribution is 5.84. The molecule has 0 aliphatic carbocycles. The third kappa shape index (κ3) is 7.59. The molecule has 0 saturated carbocycles. The number of amides is 2. The standard InChI is InChI=1S/C25H31N3O5/c1-33-21-8-5-18(6-9-21)16-22(25(31)32)27-23(29)17-19-11-14-28(15-12-19)24(30)10-7-20-4-2-3-13-26-20/h2-6,8-9,13,19,22H,7,10-12,14-17H2,1H3,(H,27,29)(H,31,32). The van der Waals surface area contributed by atoms with Crippen LogP contribution in [-0.2, 0) is 27.2 Å². The smallest absolute Gasteiger partial charge is 0.326 e. The third-order valence-corrected chi connectivity index (χ3v) is 5.99. The molecule has 1 aliphatic rings. The first-order valence-electron chi connectivity index (χ1n) is 11.3. The second-order valence-corrected chi connectivity index (χ2v) is 8.36. The maximum atomic E-state index is 12.5. The van der Waals surface area contributed by atoms with Gasteiger partial charge in [0.1, 0.15) is 11.8 Å². The third-order valence-electron chi connectivity index (χ3n) is 5.99. The van der Waals surface area contributed by atoms with Crippen LogP contribution in [0.15, 0.2) is 48.7 Å². The molecule has 1 fully saturated rings. The van der Waals surface area contributed by atoms with E-state index in [1.165, 1.54) is 0 Å². The van der Waals surface area contributed by atoms with Crippen molar-refractivity contribution in [1.82, 2.24) is 15.2 Å². The van der Waals surface area contributed by atoms with E-state index in [2.05, 4.69) is 10.3 Å². The molecule has 1 aromatic carbocycles. The Labute approximate surface area is 194 Å². The molecule has 0 bridgehead atoms. The number of rotatable bonds is 10. The van der Waals surface area contributed by atoms with E-state index in [0.29, 0.717) is 31.7 Å². The quantitative estimate of drug-likeness (QED) is 0.572. The van der Waals surface area contributed by atoms with Crippen LogP contribution in [0.4, 0.5) is 0 Å². The highest BCUT2D eigenvalue weighted by Gasteiger charge is 2.26. The number of hydrogen-bond acceptors (Lipinski definition) is 5. The molecule has 2 N–H and O–H groups in total. The summed E-state index contributed by atoms with van der Waals surface area (Å²) in [4.78, 5) is 42.7. The van der Waals surface area contributed by atoms with Gasteiger partial charge in [0.05, 0.1) is 7.11 Å². The Morgan fingerprint density at radius 3 is 2.48 bits per heavy atom. The van der Waals surface area contributed by atoms with Crippen LogP contribution in [0.2, 0.25) is 0 Å². The highest BCUT2D eigenvalue weighted by Crippen LogP contribution is 2.21. The number of benzene rings is 1. The van der Waals surface area contributed by atoms with Crippen LogP contribution in [0.5, 0.6) is 5.75 Å². The minimum Gasteiger partial charge on any atom is -0.497 e. The Kier molecular flexibility index (Phi) is 8.80. The molecular weight excluding hydrogens is 422 g/mol. The van der Waals surface area contributed by atoms with Gasteiger partial charge in [-0.15, -0.1) is 0 Å². The molecule has 0 spiro atoms. The van der Waals surface area contributed by atoms with E-state index >= 15 is 0 Å². The van der Waals surface area contributed by atoms with Crippen LogP contribution >= 0.6 is 0 Å². The lowest BCUT2D eigenvalue weighted by Crippen LogP contribution is -2.44. The molecule has 8 heteroatoms. The van der Waals surface area contributed by atoms with Gasteiger partial charge in [-0.2, -0.15) is 0 Å². The molecule has 3 rings (SSSR count). The number of nitrogens with zero attached hydrogens (tertiary/aromatic N) is 2. The van der Waals surface area contributed by atoms with E-state index in [1.807, 2.05) is 23.1 Å². The zero-order valence-electron chi connectivity index (χ0n) is 18.9. The number of methoxy groups -OCH3 is 1.